The van der Waals surface area contributed by atoms with Crippen molar-refractivity contribution >= 4 is 23.2 Å². The van der Waals surface area contributed by atoms with E-state index < -0.39 is 0 Å². The third-order valence-electron chi connectivity index (χ3n) is 3.65. The number of hydrogen-bond acceptors (Lipinski definition) is 3. The third kappa shape index (κ3) is 5.13. The Morgan fingerprint density at radius 2 is 2.05 bits per heavy atom. The van der Waals surface area contributed by atoms with Gasteiger partial charge in [-0.1, -0.05) is 23.2 Å². The van der Waals surface area contributed by atoms with E-state index in [0.29, 0.717) is 22.4 Å². The van der Waals surface area contributed by atoms with Gasteiger partial charge in [-0.25, -0.2) is 0 Å². The second kappa shape index (κ2) is 8.08. The molecule has 1 N–H and O–H groups in total. The largest absolute Gasteiger partial charge is 0.491 e. The van der Waals surface area contributed by atoms with Crippen molar-refractivity contribution in [1.29, 1.82) is 0 Å². The molecule has 0 saturated carbocycles. The first-order chi connectivity index (χ1) is 9.65. The molecular weight excluding hydrogens is 295 g/mol. The quantitative estimate of drug-likeness (QED) is 0.871. The molecule has 1 saturated heterocycles. The number of nitrogens with one attached hydrogen (secondary N) is 1. The molecular formula is C15H22Cl2N2O. The van der Waals surface area contributed by atoms with Crippen LogP contribution in [0, 0.1) is 5.92 Å². The Balaban J connectivity index is 1.69. The highest BCUT2D eigenvalue weighted by Crippen LogP contribution is 2.27. The molecule has 0 atom stereocenters. The topological polar surface area (TPSA) is 24.5 Å². The van der Waals surface area contributed by atoms with Gasteiger partial charge >= 0.3 is 0 Å². The first-order valence-electron chi connectivity index (χ1n) is 7.12. The SMILES string of the molecule is CN(CCOc1ccc(Cl)cc1Cl)CC1CCNCC1. The van der Waals surface area contributed by atoms with E-state index in [-0.39, 0.29) is 0 Å². The highest BCUT2D eigenvalue weighted by atomic mass is 35.5. The summed E-state index contributed by atoms with van der Waals surface area (Å²) in [5, 5.41) is 4.59. The Labute approximate surface area is 131 Å². The fourth-order valence-electron chi connectivity index (χ4n) is 2.50. The molecule has 112 valence electrons. The van der Waals surface area contributed by atoms with Crippen molar-refractivity contribution in [3.63, 3.8) is 0 Å². The lowest BCUT2D eigenvalue weighted by molar-refractivity contribution is 0.199. The van der Waals surface area contributed by atoms with Gasteiger partial charge < -0.3 is 15.0 Å². The zero-order chi connectivity index (χ0) is 14.4. The molecule has 0 radical (unpaired) electrons. The zero-order valence-corrected chi connectivity index (χ0v) is 13.4. The highest BCUT2D eigenvalue weighted by molar-refractivity contribution is 6.35. The van der Waals surface area contributed by atoms with Crippen molar-refractivity contribution in [3.05, 3.63) is 28.2 Å². The number of rotatable bonds is 6. The van der Waals surface area contributed by atoms with Crippen LogP contribution in [0.2, 0.25) is 10.0 Å². The number of hydrogen-bond donors (Lipinski definition) is 1. The minimum atomic E-state index is 0.568. The summed E-state index contributed by atoms with van der Waals surface area (Å²) in [4.78, 5) is 2.33. The van der Waals surface area contributed by atoms with Crippen molar-refractivity contribution in [3.8, 4) is 5.75 Å². The minimum Gasteiger partial charge on any atom is -0.491 e. The Kier molecular flexibility index (Phi) is 6.43. The Morgan fingerprint density at radius 3 is 2.75 bits per heavy atom. The van der Waals surface area contributed by atoms with Crippen molar-refractivity contribution in [2.45, 2.75) is 12.8 Å². The smallest absolute Gasteiger partial charge is 0.138 e. The second-order valence-electron chi connectivity index (χ2n) is 5.38. The summed E-state index contributed by atoms with van der Waals surface area (Å²) in [6.45, 7) is 4.98. The van der Waals surface area contributed by atoms with Crippen molar-refractivity contribution in [1.82, 2.24) is 10.2 Å². The van der Waals surface area contributed by atoms with E-state index in [0.717, 1.165) is 32.1 Å². The summed E-state index contributed by atoms with van der Waals surface area (Å²) in [6, 6.07) is 5.32. The Morgan fingerprint density at radius 1 is 1.30 bits per heavy atom. The predicted octanol–water partition coefficient (Wildman–Crippen LogP) is 3.30. The standard InChI is InChI=1S/C15H22Cl2N2O/c1-19(11-12-4-6-18-7-5-12)8-9-20-15-3-2-13(16)10-14(15)17/h2-3,10,12,18H,4-9,11H2,1H3. The number of ether oxygens (including phenoxy) is 1. The van der Waals surface area contributed by atoms with E-state index in [1.165, 1.54) is 12.8 Å². The summed E-state index contributed by atoms with van der Waals surface area (Å²) < 4.78 is 5.71. The fraction of sp³-hybridized carbons (Fsp3) is 0.600. The lowest BCUT2D eigenvalue weighted by Gasteiger charge is -2.27. The molecule has 0 spiro atoms. The van der Waals surface area contributed by atoms with Crippen LogP contribution in [0.5, 0.6) is 5.75 Å². The van der Waals surface area contributed by atoms with E-state index in [1.54, 1.807) is 12.1 Å². The summed E-state index contributed by atoms with van der Waals surface area (Å²) in [6.07, 6.45) is 2.54. The lowest BCUT2D eigenvalue weighted by Crippen LogP contribution is -2.36. The first kappa shape index (κ1) is 15.9. The van der Waals surface area contributed by atoms with E-state index in [1.807, 2.05) is 6.07 Å². The average molecular weight is 317 g/mol. The summed E-state index contributed by atoms with van der Waals surface area (Å²) in [5.41, 5.74) is 0. The van der Waals surface area contributed by atoms with Crippen molar-refractivity contribution < 1.29 is 4.74 Å². The Bertz CT molecular complexity index is 422. The molecule has 1 aromatic rings. The summed E-state index contributed by atoms with van der Waals surface area (Å²) in [5.74, 6) is 1.51. The maximum Gasteiger partial charge on any atom is 0.138 e. The second-order valence-corrected chi connectivity index (χ2v) is 6.22. The lowest BCUT2D eigenvalue weighted by atomic mass is 9.98. The molecule has 0 unspecified atom stereocenters. The molecule has 0 amide bonds. The zero-order valence-electron chi connectivity index (χ0n) is 11.9. The van der Waals surface area contributed by atoms with E-state index in [9.17, 15) is 0 Å². The maximum atomic E-state index is 6.07. The molecule has 0 aliphatic carbocycles. The molecule has 1 fully saturated rings. The van der Waals surface area contributed by atoms with Gasteiger partial charge in [0.2, 0.25) is 0 Å². The number of nitrogens with zero attached hydrogens (tertiary/aromatic N) is 1. The van der Waals surface area contributed by atoms with Gasteiger partial charge in [0.05, 0.1) is 5.02 Å². The summed E-state index contributed by atoms with van der Waals surface area (Å²) >= 11 is 11.9. The highest BCUT2D eigenvalue weighted by Gasteiger charge is 2.14. The van der Waals surface area contributed by atoms with E-state index >= 15 is 0 Å². The van der Waals surface area contributed by atoms with Crippen LogP contribution in [-0.2, 0) is 0 Å². The van der Waals surface area contributed by atoms with E-state index in [4.69, 9.17) is 27.9 Å². The summed E-state index contributed by atoms with van der Waals surface area (Å²) in [7, 11) is 2.15. The van der Waals surface area contributed by atoms with Crippen LogP contribution in [0.25, 0.3) is 0 Å². The maximum absolute atomic E-state index is 6.07. The number of likely N-dealkylation sites (N-methyl/N-ethyl adjacent to an activating group) is 1. The van der Waals surface area contributed by atoms with Crippen molar-refractivity contribution in [2.75, 3.05) is 39.8 Å². The van der Waals surface area contributed by atoms with Crippen LogP contribution in [0.3, 0.4) is 0 Å². The third-order valence-corrected chi connectivity index (χ3v) is 4.18. The van der Waals surface area contributed by atoms with Gasteiger partial charge in [0.25, 0.3) is 0 Å². The minimum absolute atomic E-state index is 0.568. The molecule has 1 aliphatic rings. The van der Waals surface area contributed by atoms with Gasteiger partial charge in [0.15, 0.2) is 0 Å². The normalized spacial score (nSPS) is 16.6. The van der Waals surface area contributed by atoms with Crippen LogP contribution in [0.1, 0.15) is 12.8 Å². The van der Waals surface area contributed by atoms with Gasteiger partial charge in [-0.3, -0.25) is 0 Å². The molecule has 2 rings (SSSR count). The van der Waals surface area contributed by atoms with Gasteiger partial charge in [0.1, 0.15) is 12.4 Å². The van der Waals surface area contributed by atoms with Gasteiger partial charge in [-0.15, -0.1) is 0 Å². The number of benzene rings is 1. The average Bonchev–Trinajstić information content (AvgIpc) is 2.42. The molecule has 3 nitrogen and oxygen atoms in total. The van der Waals surface area contributed by atoms with Crippen LogP contribution in [-0.4, -0.2) is 44.7 Å². The van der Waals surface area contributed by atoms with Crippen LogP contribution in [0.4, 0.5) is 0 Å². The molecule has 0 aromatic heterocycles. The molecule has 1 aromatic carbocycles. The van der Waals surface area contributed by atoms with E-state index in [2.05, 4.69) is 17.3 Å². The van der Waals surface area contributed by atoms with Crippen molar-refractivity contribution in [2.24, 2.45) is 5.92 Å². The fourth-order valence-corrected chi connectivity index (χ4v) is 2.96. The molecule has 20 heavy (non-hydrogen) atoms. The van der Waals surface area contributed by atoms with Crippen LogP contribution >= 0.6 is 23.2 Å². The van der Waals surface area contributed by atoms with Crippen LogP contribution in [0.15, 0.2) is 18.2 Å². The van der Waals surface area contributed by atoms with Gasteiger partial charge in [0, 0.05) is 18.1 Å². The molecule has 1 aliphatic heterocycles. The van der Waals surface area contributed by atoms with Gasteiger partial charge in [-0.2, -0.15) is 0 Å². The molecule has 0 bridgehead atoms. The molecule has 5 heteroatoms. The van der Waals surface area contributed by atoms with Gasteiger partial charge in [-0.05, 0) is 57.1 Å². The monoisotopic (exact) mass is 316 g/mol. The van der Waals surface area contributed by atoms with Crippen LogP contribution < -0.4 is 10.1 Å². The molecule has 1 heterocycles. The Hall–Kier alpha value is -0.480. The number of halogens is 2. The first-order valence-corrected chi connectivity index (χ1v) is 7.88. The number of piperidine rings is 1. The predicted molar refractivity (Wildman–Crippen MR) is 85.0 cm³/mol.